The maximum absolute atomic E-state index is 11.7. The van der Waals surface area contributed by atoms with Crippen LogP contribution >= 0.6 is 0 Å². The Morgan fingerprint density at radius 1 is 0.881 bits per heavy atom. The summed E-state index contributed by atoms with van der Waals surface area (Å²) in [5.41, 5.74) is 5.70. The first kappa shape index (κ1) is 40.4. The highest BCUT2D eigenvalue weighted by molar-refractivity contribution is 5.96. The number of cyclic esters (lactones) is 4. The standard InChI is InChI=1S/C12H24N2O3.C7H11NO3.C6H9NO3.C2H4O2/c1-4-5-6-7-9(13)11(15)14-10(8(2)3)12(16)17;1-2-3-4-5-6(9)11-7(10)8-5;1-3(2)4-5(8)10-6(9)7-4;1-2(3)4/h8-10H,4-7,13H2,1-3H3,(H,14,15)(H,16,17);5H,2-4H2,1H3,(H,8,10);3-4H,1-2H3,(H,7,9);1H3,(H,3,4). The molecule has 0 aliphatic carbocycles. The smallest absolute Gasteiger partial charge is 0.415 e. The van der Waals surface area contributed by atoms with Crippen molar-refractivity contribution >= 4 is 42.0 Å². The predicted molar refractivity (Wildman–Crippen MR) is 151 cm³/mol. The van der Waals surface area contributed by atoms with Gasteiger partial charge in [-0.05, 0) is 24.7 Å². The molecule has 2 fully saturated rings. The number of aliphatic carboxylic acids is 2. The number of carbonyl (C=O) groups is 7. The van der Waals surface area contributed by atoms with Gasteiger partial charge in [0.25, 0.3) is 5.97 Å². The van der Waals surface area contributed by atoms with Crippen LogP contribution in [0.15, 0.2) is 0 Å². The maximum Gasteiger partial charge on any atom is 0.415 e. The molecular weight excluding hydrogens is 556 g/mol. The van der Waals surface area contributed by atoms with Gasteiger partial charge in [0, 0.05) is 6.92 Å². The summed E-state index contributed by atoms with van der Waals surface area (Å²) in [4.78, 5) is 74.0. The van der Waals surface area contributed by atoms with E-state index in [9.17, 15) is 28.8 Å². The molecule has 242 valence electrons. The second-order valence-corrected chi connectivity index (χ2v) is 10.3. The summed E-state index contributed by atoms with van der Waals surface area (Å²) >= 11 is 0. The molecule has 2 aliphatic heterocycles. The van der Waals surface area contributed by atoms with Crippen LogP contribution < -0.4 is 21.7 Å². The lowest BCUT2D eigenvalue weighted by atomic mass is 10.0. The number of ether oxygens (including phenoxy) is 2. The van der Waals surface area contributed by atoms with Gasteiger partial charge in [0.05, 0.1) is 6.04 Å². The van der Waals surface area contributed by atoms with Crippen molar-refractivity contribution in [3.05, 3.63) is 0 Å². The van der Waals surface area contributed by atoms with Gasteiger partial charge in [0.2, 0.25) is 5.91 Å². The van der Waals surface area contributed by atoms with E-state index in [0.29, 0.717) is 12.8 Å². The lowest BCUT2D eigenvalue weighted by molar-refractivity contribution is -0.143. The summed E-state index contributed by atoms with van der Waals surface area (Å²) < 4.78 is 8.53. The topological polar surface area (TPSA) is 241 Å². The predicted octanol–water partition coefficient (Wildman–Crippen LogP) is 2.30. The van der Waals surface area contributed by atoms with Crippen LogP contribution in [0.4, 0.5) is 9.59 Å². The van der Waals surface area contributed by atoms with Gasteiger partial charge >= 0.3 is 30.1 Å². The number of unbranched alkanes of at least 4 members (excludes halogenated alkanes) is 3. The Bertz CT molecular complexity index is 905. The summed E-state index contributed by atoms with van der Waals surface area (Å²) in [6.07, 6.45) is 4.97. The first-order chi connectivity index (χ1) is 19.5. The van der Waals surface area contributed by atoms with Gasteiger partial charge in [-0.25, -0.2) is 24.0 Å². The first-order valence-electron chi connectivity index (χ1n) is 14.0. The highest BCUT2D eigenvalue weighted by Crippen LogP contribution is 2.10. The zero-order valence-electron chi connectivity index (χ0n) is 25.6. The Morgan fingerprint density at radius 2 is 1.38 bits per heavy atom. The molecule has 0 aromatic carbocycles. The zero-order valence-corrected chi connectivity index (χ0v) is 25.6. The van der Waals surface area contributed by atoms with Gasteiger partial charge in [-0.15, -0.1) is 0 Å². The minimum Gasteiger partial charge on any atom is -0.481 e. The molecule has 42 heavy (non-hydrogen) atoms. The van der Waals surface area contributed by atoms with Crippen LogP contribution in [0, 0.1) is 11.8 Å². The number of amides is 3. The van der Waals surface area contributed by atoms with Gasteiger partial charge < -0.3 is 41.4 Å². The monoisotopic (exact) mass is 604 g/mol. The zero-order chi connectivity index (χ0) is 33.0. The number of carboxylic acids is 2. The van der Waals surface area contributed by atoms with E-state index in [0.717, 1.165) is 39.0 Å². The summed E-state index contributed by atoms with van der Waals surface area (Å²) in [5, 5.41) is 23.6. The van der Waals surface area contributed by atoms with E-state index in [1.807, 2.05) is 20.8 Å². The molecule has 0 radical (unpaired) electrons. The molecule has 4 unspecified atom stereocenters. The summed E-state index contributed by atoms with van der Waals surface area (Å²) in [7, 11) is 0. The summed E-state index contributed by atoms with van der Waals surface area (Å²) in [5.74, 6) is -3.20. The van der Waals surface area contributed by atoms with Crippen molar-refractivity contribution in [2.75, 3.05) is 0 Å². The molecule has 2 rings (SSSR count). The largest absolute Gasteiger partial charge is 0.481 e. The number of hydrogen-bond donors (Lipinski definition) is 6. The van der Waals surface area contributed by atoms with Crippen molar-refractivity contribution in [3.8, 4) is 0 Å². The SMILES string of the molecule is CC(=O)O.CC(C)C1NC(=O)OC1=O.CCCCC1NC(=O)OC1=O.CCCCCC(N)C(=O)NC(C(=O)O)C(C)C. The van der Waals surface area contributed by atoms with E-state index in [2.05, 4.69) is 32.3 Å². The highest BCUT2D eigenvalue weighted by atomic mass is 16.6. The number of carboxylic acid groups (broad SMARTS) is 2. The van der Waals surface area contributed by atoms with Gasteiger partial charge in [0.15, 0.2) is 0 Å². The molecule has 15 heteroatoms. The van der Waals surface area contributed by atoms with Crippen molar-refractivity contribution in [2.24, 2.45) is 17.6 Å². The van der Waals surface area contributed by atoms with Crippen molar-refractivity contribution in [1.82, 2.24) is 16.0 Å². The minimum atomic E-state index is -1.02. The van der Waals surface area contributed by atoms with Gasteiger partial charge in [-0.3, -0.25) is 9.59 Å². The molecule has 0 aromatic rings. The molecule has 4 atom stereocenters. The fourth-order valence-electron chi connectivity index (χ4n) is 3.32. The van der Waals surface area contributed by atoms with E-state index in [1.54, 1.807) is 13.8 Å². The van der Waals surface area contributed by atoms with Gasteiger partial charge in [-0.2, -0.15) is 0 Å². The average Bonchev–Trinajstić information content (AvgIpc) is 3.39. The third-order valence-corrected chi connectivity index (χ3v) is 5.69. The molecule has 2 saturated heterocycles. The Morgan fingerprint density at radius 3 is 1.71 bits per heavy atom. The molecule has 3 amide bonds. The molecule has 0 aromatic heterocycles. The van der Waals surface area contributed by atoms with E-state index in [-0.39, 0.29) is 17.7 Å². The van der Waals surface area contributed by atoms with E-state index in [4.69, 9.17) is 20.7 Å². The van der Waals surface area contributed by atoms with Crippen LogP contribution in [0.2, 0.25) is 0 Å². The Kier molecular flexibility index (Phi) is 21.1. The number of alkyl carbamates (subject to hydrolysis) is 2. The van der Waals surface area contributed by atoms with Crippen molar-refractivity contribution < 1.29 is 53.2 Å². The molecule has 0 bridgehead atoms. The Labute approximate surface area is 246 Å². The Balaban J connectivity index is 0. The van der Waals surface area contributed by atoms with Crippen LogP contribution in [0.1, 0.15) is 93.4 Å². The van der Waals surface area contributed by atoms with E-state index in [1.165, 1.54) is 0 Å². The number of nitrogens with one attached hydrogen (secondary N) is 3. The van der Waals surface area contributed by atoms with Crippen LogP contribution in [-0.2, 0) is 33.4 Å². The van der Waals surface area contributed by atoms with Crippen LogP contribution in [-0.4, -0.2) is 76.4 Å². The van der Waals surface area contributed by atoms with Crippen molar-refractivity contribution in [3.63, 3.8) is 0 Å². The molecule has 7 N–H and O–H groups in total. The minimum absolute atomic E-state index is 0.0962. The Hall–Kier alpha value is -3.75. The fourth-order valence-corrected chi connectivity index (χ4v) is 3.32. The normalized spacial score (nSPS) is 18.4. The maximum atomic E-state index is 11.7. The number of rotatable bonds is 12. The number of nitrogens with two attached hydrogens (primary N) is 1. The van der Waals surface area contributed by atoms with Crippen LogP contribution in [0.25, 0.3) is 0 Å². The number of esters is 2. The lowest BCUT2D eigenvalue weighted by Gasteiger charge is -2.20. The third-order valence-electron chi connectivity index (χ3n) is 5.69. The van der Waals surface area contributed by atoms with Crippen molar-refractivity contribution in [2.45, 2.75) is 118 Å². The van der Waals surface area contributed by atoms with Crippen LogP contribution in [0.5, 0.6) is 0 Å². The molecule has 2 heterocycles. The second-order valence-electron chi connectivity index (χ2n) is 10.3. The third kappa shape index (κ3) is 18.6. The first-order valence-corrected chi connectivity index (χ1v) is 14.0. The van der Waals surface area contributed by atoms with Gasteiger partial charge in [-0.1, -0.05) is 73.6 Å². The number of hydrogen-bond acceptors (Lipinski definition) is 10. The molecule has 0 spiro atoms. The number of carbonyl (C=O) groups excluding carboxylic acids is 5. The highest BCUT2D eigenvalue weighted by Gasteiger charge is 2.34. The van der Waals surface area contributed by atoms with Gasteiger partial charge in [0.1, 0.15) is 18.1 Å². The van der Waals surface area contributed by atoms with Crippen LogP contribution in [0.3, 0.4) is 0 Å². The lowest BCUT2D eigenvalue weighted by Crippen LogP contribution is -2.50. The summed E-state index contributed by atoms with van der Waals surface area (Å²) in [6.45, 7) is 12.4. The second kappa shape index (κ2) is 21.9. The quantitative estimate of drug-likeness (QED) is 0.107. The molecule has 0 saturated carbocycles. The fraction of sp³-hybridized carbons (Fsp3) is 0.741. The average molecular weight is 605 g/mol. The molecular formula is C27H48N4O11. The molecule has 2 aliphatic rings. The van der Waals surface area contributed by atoms with E-state index < -0.39 is 60.2 Å². The van der Waals surface area contributed by atoms with Crippen molar-refractivity contribution in [1.29, 1.82) is 0 Å². The molecule has 15 nitrogen and oxygen atoms in total. The summed E-state index contributed by atoms with van der Waals surface area (Å²) in [6, 6.07) is -2.32. The van der Waals surface area contributed by atoms with E-state index >= 15 is 0 Å².